The van der Waals surface area contributed by atoms with Crippen LogP contribution in [0.1, 0.15) is 38.8 Å². The van der Waals surface area contributed by atoms with Crippen LogP contribution in [0, 0.1) is 19.7 Å². The molecule has 0 bridgehead atoms. The van der Waals surface area contributed by atoms with Gasteiger partial charge in [0.05, 0.1) is 12.2 Å². The van der Waals surface area contributed by atoms with Crippen molar-refractivity contribution in [2.75, 3.05) is 0 Å². The molecule has 3 aromatic rings. The molecule has 6 heteroatoms. The van der Waals surface area contributed by atoms with Crippen LogP contribution in [0.5, 0.6) is 0 Å². The number of amides is 1. The van der Waals surface area contributed by atoms with Gasteiger partial charge in [0.2, 0.25) is 0 Å². The normalized spacial score (nSPS) is 13.6. The number of hydrogen-bond acceptors (Lipinski definition) is 4. The van der Waals surface area contributed by atoms with Crippen molar-refractivity contribution in [3.63, 3.8) is 0 Å². The summed E-state index contributed by atoms with van der Waals surface area (Å²) in [6.45, 7) is 4.41. The van der Waals surface area contributed by atoms with E-state index in [2.05, 4.69) is 29.0 Å². The smallest absolute Gasteiger partial charge is 0.254 e. The number of hydrogen-bond donors (Lipinski definition) is 0. The van der Waals surface area contributed by atoms with Crippen LogP contribution < -0.4 is 0 Å². The molecule has 2 aromatic heterocycles. The van der Waals surface area contributed by atoms with Gasteiger partial charge in [-0.1, -0.05) is 0 Å². The van der Waals surface area contributed by atoms with Crippen molar-refractivity contribution in [3.05, 3.63) is 69.6 Å². The lowest BCUT2D eigenvalue weighted by Crippen LogP contribution is -2.32. The SMILES string of the molecule is Cc1nccc(-c2cc(F)cc(C(=O)N(Cc3ccc(C)s3)C3CC3)c2)n1. The second kappa shape index (κ2) is 7.19. The summed E-state index contributed by atoms with van der Waals surface area (Å²) in [6, 6.07) is 10.5. The molecule has 0 N–H and O–H groups in total. The first kappa shape index (κ1) is 17.8. The Balaban J connectivity index is 1.65. The van der Waals surface area contributed by atoms with E-state index in [0.29, 0.717) is 29.2 Å². The van der Waals surface area contributed by atoms with Crippen LogP contribution in [-0.2, 0) is 6.54 Å². The minimum atomic E-state index is -0.435. The summed E-state index contributed by atoms with van der Waals surface area (Å²) in [5.41, 5.74) is 1.57. The summed E-state index contributed by atoms with van der Waals surface area (Å²) in [7, 11) is 0. The number of carbonyl (C=O) groups is 1. The molecule has 1 aliphatic rings. The molecule has 0 spiro atoms. The first-order valence-corrected chi connectivity index (χ1v) is 9.78. The van der Waals surface area contributed by atoms with Gasteiger partial charge in [-0.3, -0.25) is 4.79 Å². The van der Waals surface area contributed by atoms with Gasteiger partial charge in [-0.25, -0.2) is 14.4 Å². The molecule has 1 aliphatic carbocycles. The lowest BCUT2D eigenvalue weighted by Gasteiger charge is -2.22. The molecule has 1 fully saturated rings. The number of nitrogens with zero attached hydrogens (tertiary/aromatic N) is 3. The van der Waals surface area contributed by atoms with Crippen LogP contribution >= 0.6 is 11.3 Å². The first-order chi connectivity index (χ1) is 13.0. The van der Waals surface area contributed by atoms with E-state index in [1.165, 1.54) is 17.0 Å². The van der Waals surface area contributed by atoms with Gasteiger partial charge in [0.1, 0.15) is 11.6 Å². The molecule has 0 saturated heterocycles. The molecule has 4 nitrogen and oxygen atoms in total. The van der Waals surface area contributed by atoms with E-state index in [1.54, 1.807) is 36.6 Å². The van der Waals surface area contributed by atoms with Crippen molar-refractivity contribution in [3.8, 4) is 11.3 Å². The summed E-state index contributed by atoms with van der Waals surface area (Å²) in [4.78, 5) is 25.8. The van der Waals surface area contributed by atoms with Crippen molar-refractivity contribution in [2.45, 2.75) is 39.3 Å². The molecule has 27 heavy (non-hydrogen) atoms. The van der Waals surface area contributed by atoms with Crippen molar-refractivity contribution in [1.82, 2.24) is 14.9 Å². The molecule has 1 amide bonds. The fraction of sp³-hybridized carbons (Fsp3) is 0.286. The zero-order valence-electron chi connectivity index (χ0n) is 15.3. The summed E-state index contributed by atoms with van der Waals surface area (Å²) < 4.78 is 14.3. The highest BCUT2D eigenvalue weighted by Crippen LogP contribution is 2.32. The highest BCUT2D eigenvalue weighted by Gasteiger charge is 2.33. The number of thiophene rings is 1. The third-order valence-electron chi connectivity index (χ3n) is 4.59. The molecule has 2 heterocycles. The molecular formula is C21H20FN3OS. The Bertz CT molecular complexity index is 997. The Morgan fingerprint density at radius 3 is 2.70 bits per heavy atom. The maximum atomic E-state index is 14.3. The maximum Gasteiger partial charge on any atom is 0.254 e. The molecule has 1 aromatic carbocycles. The van der Waals surface area contributed by atoms with Gasteiger partial charge < -0.3 is 4.90 Å². The Labute approximate surface area is 161 Å². The van der Waals surface area contributed by atoms with Gasteiger partial charge in [0, 0.05) is 33.1 Å². The predicted molar refractivity (Wildman–Crippen MR) is 104 cm³/mol. The van der Waals surface area contributed by atoms with Gasteiger partial charge in [-0.15, -0.1) is 11.3 Å². The summed E-state index contributed by atoms with van der Waals surface area (Å²) in [5, 5.41) is 0. The van der Waals surface area contributed by atoms with Crippen LogP contribution in [0.2, 0.25) is 0 Å². The predicted octanol–water partition coefficient (Wildman–Crippen LogP) is 4.77. The van der Waals surface area contributed by atoms with Crippen LogP contribution in [0.15, 0.2) is 42.6 Å². The second-order valence-corrected chi connectivity index (χ2v) is 8.27. The molecule has 138 valence electrons. The molecule has 0 atom stereocenters. The Morgan fingerprint density at radius 1 is 1.22 bits per heavy atom. The van der Waals surface area contributed by atoms with Crippen molar-refractivity contribution < 1.29 is 9.18 Å². The topological polar surface area (TPSA) is 46.1 Å². The van der Waals surface area contributed by atoms with E-state index < -0.39 is 5.82 Å². The Morgan fingerprint density at radius 2 is 2.04 bits per heavy atom. The van der Waals surface area contributed by atoms with Crippen LogP contribution in [0.4, 0.5) is 4.39 Å². The number of aromatic nitrogens is 2. The van der Waals surface area contributed by atoms with Crippen molar-refractivity contribution in [1.29, 1.82) is 0 Å². The Hall–Kier alpha value is -2.60. The lowest BCUT2D eigenvalue weighted by molar-refractivity contribution is 0.0731. The third kappa shape index (κ3) is 4.06. The van der Waals surface area contributed by atoms with Gasteiger partial charge in [0.25, 0.3) is 5.91 Å². The monoisotopic (exact) mass is 381 g/mol. The number of benzene rings is 1. The third-order valence-corrected chi connectivity index (χ3v) is 5.57. The summed E-state index contributed by atoms with van der Waals surface area (Å²) in [6.07, 6.45) is 3.65. The fourth-order valence-electron chi connectivity index (χ4n) is 3.13. The zero-order valence-corrected chi connectivity index (χ0v) is 16.1. The number of carbonyl (C=O) groups excluding carboxylic acids is 1. The van der Waals surface area contributed by atoms with Gasteiger partial charge >= 0.3 is 0 Å². The van der Waals surface area contributed by atoms with Gasteiger partial charge in [-0.05, 0) is 63.1 Å². The van der Waals surface area contributed by atoms with Gasteiger partial charge in [-0.2, -0.15) is 0 Å². The Kier molecular flexibility index (Phi) is 4.74. The average Bonchev–Trinajstić information content (AvgIpc) is 3.40. The minimum Gasteiger partial charge on any atom is -0.331 e. The molecular weight excluding hydrogens is 361 g/mol. The quantitative estimate of drug-likeness (QED) is 0.640. The van der Waals surface area contributed by atoms with Gasteiger partial charge in [0.15, 0.2) is 0 Å². The van der Waals surface area contributed by atoms with E-state index >= 15 is 0 Å². The van der Waals surface area contributed by atoms with Crippen molar-refractivity contribution >= 4 is 17.2 Å². The molecule has 1 saturated carbocycles. The lowest BCUT2D eigenvalue weighted by atomic mass is 10.1. The number of halogens is 1. The highest BCUT2D eigenvalue weighted by molar-refractivity contribution is 7.11. The molecule has 0 aliphatic heterocycles. The van der Waals surface area contributed by atoms with E-state index in [0.717, 1.165) is 17.7 Å². The minimum absolute atomic E-state index is 0.130. The average molecular weight is 381 g/mol. The fourth-order valence-corrected chi connectivity index (χ4v) is 4.02. The van der Waals surface area contributed by atoms with E-state index in [-0.39, 0.29) is 11.9 Å². The highest BCUT2D eigenvalue weighted by atomic mass is 32.1. The van der Waals surface area contributed by atoms with Crippen LogP contribution in [0.25, 0.3) is 11.3 Å². The standard InChI is InChI=1S/C21H20FN3OS/c1-13-3-6-19(27-13)12-25(18-4-5-18)21(26)16-9-15(10-17(22)11-16)20-7-8-23-14(2)24-20/h3,6-11,18H,4-5,12H2,1-2H3. The largest absolute Gasteiger partial charge is 0.331 e. The van der Waals surface area contributed by atoms with E-state index in [1.807, 2.05) is 4.90 Å². The van der Waals surface area contributed by atoms with E-state index in [9.17, 15) is 9.18 Å². The van der Waals surface area contributed by atoms with Crippen LogP contribution in [-0.4, -0.2) is 26.8 Å². The summed E-state index contributed by atoms with van der Waals surface area (Å²) >= 11 is 1.69. The molecule has 0 unspecified atom stereocenters. The maximum absolute atomic E-state index is 14.3. The number of rotatable bonds is 5. The van der Waals surface area contributed by atoms with Crippen molar-refractivity contribution in [2.24, 2.45) is 0 Å². The van der Waals surface area contributed by atoms with Crippen LogP contribution in [0.3, 0.4) is 0 Å². The second-order valence-electron chi connectivity index (χ2n) is 6.89. The van der Waals surface area contributed by atoms with E-state index in [4.69, 9.17) is 0 Å². The molecule has 4 rings (SSSR count). The molecule has 0 radical (unpaired) electrons. The summed E-state index contributed by atoms with van der Waals surface area (Å²) in [5.74, 6) is 0.0437. The number of aryl methyl sites for hydroxylation is 2. The first-order valence-electron chi connectivity index (χ1n) is 8.96. The zero-order chi connectivity index (χ0) is 19.0.